The number of halogens is 2. The van der Waals surface area contributed by atoms with E-state index in [1.54, 1.807) is 6.20 Å². The van der Waals surface area contributed by atoms with Crippen LogP contribution in [-0.4, -0.2) is 39.5 Å². The normalized spacial score (nSPS) is 18.2. The van der Waals surface area contributed by atoms with Crippen molar-refractivity contribution in [2.24, 2.45) is 0 Å². The van der Waals surface area contributed by atoms with E-state index in [0.29, 0.717) is 18.8 Å². The molecule has 1 aromatic heterocycles. The zero-order valence-corrected chi connectivity index (χ0v) is 18.4. The van der Waals surface area contributed by atoms with Crippen LogP contribution in [-0.2, 0) is 11.3 Å². The molecule has 0 aliphatic carbocycles. The van der Waals surface area contributed by atoms with Gasteiger partial charge in [-0.1, -0.05) is 35.9 Å². The van der Waals surface area contributed by atoms with Gasteiger partial charge in [0.25, 0.3) is 5.56 Å². The van der Waals surface area contributed by atoms with Crippen molar-refractivity contribution >= 4 is 51.6 Å². The fraction of sp³-hybridized carbons (Fsp3) is 0.353. The van der Waals surface area contributed by atoms with Crippen molar-refractivity contribution in [2.75, 3.05) is 18.0 Å². The van der Waals surface area contributed by atoms with E-state index in [2.05, 4.69) is 27.1 Å². The summed E-state index contributed by atoms with van der Waals surface area (Å²) in [5.74, 6) is 0.0161. The number of nitrogens with zero attached hydrogens (tertiary/aromatic N) is 4. The molecule has 26 heavy (non-hydrogen) atoms. The van der Waals surface area contributed by atoms with Gasteiger partial charge in [0.2, 0.25) is 5.91 Å². The lowest BCUT2D eigenvalue weighted by molar-refractivity contribution is -0.132. The van der Waals surface area contributed by atoms with Crippen LogP contribution in [0.5, 0.6) is 0 Å². The van der Waals surface area contributed by atoms with Gasteiger partial charge in [0.1, 0.15) is 5.02 Å². The average Bonchev–Trinajstić information content (AvgIpc) is 2.62. The molecule has 138 valence electrons. The highest BCUT2D eigenvalue weighted by molar-refractivity contribution is 14.2. The van der Waals surface area contributed by atoms with E-state index in [1.807, 2.05) is 47.9 Å². The van der Waals surface area contributed by atoms with Crippen LogP contribution in [0.25, 0.3) is 0 Å². The van der Waals surface area contributed by atoms with Gasteiger partial charge >= 0.3 is 0 Å². The number of hydrogen-bond acceptors (Lipinski definition) is 4. The number of piperazine rings is 1. The predicted molar refractivity (Wildman–Crippen MR) is 115 cm³/mol. The summed E-state index contributed by atoms with van der Waals surface area (Å²) in [6, 6.07) is 8.11. The van der Waals surface area contributed by atoms with E-state index in [9.17, 15) is 9.59 Å². The summed E-state index contributed by atoms with van der Waals surface area (Å²) in [7, 11) is 0. The minimum atomic E-state index is -0.320. The molecular formula is C17H19ClIN4O2P. The van der Waals surface area contributed by atoms with E-state index >= 15 is 0 Å². The van der Waals surface area contributed by atoms with Crippen LogP contribution < -0.4 is 10.5 Å². The van der Waals surface area contributed by atoms with E-state index < -0.39 is 0 Å². The minimum Gasteiger partial charge on any atom is -0.355 e. The molecule has 0 bridgehead atoms. The molecule has 0 radical (unpaired) electrons. The van der Waals surface area contributed by atoms with Gasteiger partial charge in [-0.25, -0.2) is 4.45 Å². The topological polar surface area (TPSA) is 58.4 Å². The Hall–Kier alpha value is -1.18. The molecule has 1 amide bonds. The monoisotopic (exact) mass is 504 g/mol. The molecule has 1 saturated heterocycles. The van der Waals surface area contributed by atoms with Gasteiger partial charge in [0.05, 0.1) is 24.8 Å². The third-order valence-corrected chi connectivity index (χ3v) is 6.79. The molecule has 0 spiro atoms. The lowest BCUT2D eigenvalue weighted by atomic mass is 10.1. The first-order valence-electron chi connectivity index (χ1n) is 8.15. The Morgan fingerprint density at radius 3 is 2.77 bits per heavy atom. The van der Waals surface area contributed by atoms with Crippen molar-refractivity contribution in [1.29, 1.82) is 0 Å². The molecule has 1 fully saturated rings. The van der Waals surface area contributed by atoms with Crippen LogP contribution in [0.15, 0.2) is 35.3 Å². The second-order valence-electron chi connectivity index (χ2n) is 6.32. The van der Waals surface area contributed by atoms with Crippen LogP contribution >= 0.6 is 40.0 Å². The van der Waals surface area contributed by atoms with Crippen molar-refractivity contribution in [2.45, 2.75) is 26.4 Å². The maximum absolute atomic E-state index is 12.7. The van der Waals surface area contributed by atoms with Crippen molar-refractivity contribution < 1.29 is 4.79 Å². The maximum Gasteiger partial charge on any atom is 0.291 e. The van der Waals surface area contributed by atoms with Crippen molar-refractivity contribution in [1.82, 2.24) is 14.5 Å². The lowest BCUT2D eigenvalue weighted by Gasteiger charge is -2.41. The summed E-state index contributed by atoms with van der Waals surface area (Å²) >= 11 is 8.35. The summed E-state index contributed by atoms with van der Waals surface area (Å²) in [5, 5.41) is 4.27. The first-order chi connectivity index (χ1) is 12.4. The van der Waals surface area contributed by atoms with Crippen LogP contribution in [0.2, 0.25) is 5.02 Å². The van der Waals surface area contributed by atoms with Gasteiger partial charge in [0.15, 0.2) is 0 Å². The number of aromatic nitrogens is 2. The number of benzene rings is 1. The lowest BCUT2D eigenvalue weighted by Crippen LogP contribution is -2.55. The summed E-state index contributed by atoms with van der Waals surface area (Å²) < 4.78 is 1.33. The second-order valence-corrected chi connectivity index (χ2v) is 8.74. The van der Waals surface area contributed by atoms with Crippen LogP contribution in [0.3, 0.4) is 0 Å². The Morgan fingerprint density at radius 1 is 1.35 bits per heavy atom. The molecule has 1 aliphatic rings. The van der Waals surface area contributed by atoms with Gasteiger partial charge in [-0.2, -0.15) is 5.10 Å². The maximum atomic E-state index is 12.7. The Kier molecular flexibility index (Phi) is 6.20. The molecule has 2 aromatic rings. The fourth-order valence-corrected chi connectivity index (χ4v) is 4.70. The zero-order valence-electron chi connectivity index (χ0n) is 14.4. The third-order valence-electron chi connectivity index (χ3n) is 4.59. The Labute approximate surface area is 171 Å². The number of anilines is 1. The van der Waals surface area contributed by atoms with Crippen LogP contribution in [0.4, 0.5) is 5.69 Å². The second kappa shape index (κ2) is 8.23. The van der Waals surface area contributed by atoms with Gasteiger partial charge in [-0.05, 0) is 47.0 Å². The molecule has 3 rings (SSSR count). The van der Waals surface area contributed by atoms with E-state index in [0.717, 1.165) is 5.56 Å². The molecule has 6 nitrogen and oxygen atoms in total. The fourth-order valence-electron chi connectivity index (χ4n) is 3.07. The number of rotatable bonds is 4. The molecule has 2 heterocycles. The Bertz CT molecular complexity index is 891. The van der Waals surface area contributed by atoms with Gasteiger partial charge in [0, 0.05) is 19.1 Å². The highest BCUT2D eigenvalue weighted by atomic mass is 127. The van der Waals surface area contributed by atoms with Crippen molar-refractivity contribution in [3.8, 4) is 0 Å². The Balaban J connectivity index is 1.81. The number of hydrogen-bond donors (Lipinski definition) is 0. The first-order valence-corrected chi connectivity index (χ1v) is 12.6. The van der Waals surface area contributed by atoms with Crippen molar-refractivity contribution in [3.63, 3.8) is 0 Å². The quantitative estimate of drug-likeness (QED) is 0.474. The number of amides is 1. The van der Waals surface area contributed by atoms with Crippen LogP contribution in [0.1, 0.15) is 18.1 Å². The highest BCUT2D eigenvalue weighted by Crippen LogP contribution is 2.28. The van der Waals surface area contributed by atoms with Crippen molar-refractivity contribution in [3.05, 3.63) is 57.0 Å². The predicted octanol–water partition coefficient (Wildman–Crippen LogP) is 3.23. The SMILES string of the molecule is Cc1ccccc1CN1C[C@@H](C)N(c2cnn(PI)c(=O)c2Cl)CC1=O. The third kappa shape index (κ3) is 3.89. The molecule has 1 aliphatic heterocycles. The summed E-state index contributed by atoms with van der Waals surface area (Å²) in [4.78, 5) is 28.7. The Morgan fingerprint density at radius 2 is 2.08 bits per heavy atom. The molecule has 1 unspecified atom stereocenters. The number of carbonyl (C=O) groups is 1. The standard InChI is InChI=1S/C17H19ClIN4O2P/c1-11-5-3-4-6-13(11)9-21-8-12(2)22(10-15(21)24)14-7-20-23(26-19)17(25)16(14)18/h3-7,12,26H,8-10H2,1-2H3/t12-/m1/s1. The van der Waals surface area contributed by atoms with Crippen LogP contribution in [0, 0.1) is 6.92 Å². The van der Waals surface area contributed by atoms with Gasteiger partial charge in [-0.15, -0.1) is 0 Å². The first kappa shape index (κ1) is 19.6. The molecule has 0 saturated carbocycles. The number of aryl methyl sites for hydroxylation is 1. The van der Waals surface area contributed by atoms with Gasteiger partial charge < -0.3 is 9.80 Å². The number of carbonyl (C=O) groups excluding carboxylic acids is 1. The molecule has 2 atom stereocenters. The van der Waals surface area contributed by atoms with E-state index in [4.69, 9.17) is 11.6 Å². The largest absolute Gasteiger partial charge is 0.355 e. The minimum absolute atomic E-state index is 0.0161. The molecular weight excluding hydrogens is 486 g/mol. The molecule has 0 N–H and O–H groups in total. The highest BCUT2D eigenvalue weighted by Gasteiger charge is 2.31. The summed E-state index contributed by atoms with van der Waals surface area (Å²) in [6.45, 7) is 5.42. The summed E-state index contributed by atoms with van der Waals surface area (Å²) in [6.07, 6.45) is 1.76. The average molecular weight is 505 g/mol. The van der Waals surface area contributed by atoms with Gasteiger partial charge in [-0.3, -0.25) is 9.59 Å². The zero-order chi connectivity index (χ0) is 18.8. The molecule has 1 aromatic carbocycles. The smallest absolute Gasteiger partial charge is 0.291 e. The summed E-state index contributed by atoms with van der Waals surface area (Å²) in [5.41, 5.74) is 2.52. The molecule has 9 heteroatoms. The van der Waals surface area contributed by atoms with E-state index in [1.165, 1.54) is 10.0 Å². The van der Waals surface area contributed by atoms with E-state index in [-0.39, 0.29) is 35.4 Å².